The molecule has 2 rings (SSSR count). The fourth-order valence-electron chi connectivity index (χ4n) is 3.19. The third-order valence-electron chi connectivity index (χ3n) is 4.57. The average Bonchev–Trinajstić information content (AvgIpc) is 2.80. The molecule has 0 bridgehead atoms. The Morgan fingerprint density at radius 3 is 1.24 bits per heavy atom. The highest BCUT2D eigenvalue weighted by Crippen LogP contribution is 2.43. The molecule has 0 saturated carbocycles. The summed E-state index contributed by atoms with van der Waals surface area (Å²) in [5.74, 6) is -6.62. The summed E-state index contributed by atoms with van der Waals surface area (Å²) in [6, 6.07) is 0. The number of hydrogen-bond donors (Lipinski definition) is 0. The number of alkyl halides is 6. The minimum absolute atomic E-state index is 0.419. The zero-order valence-electron chi connectivity index (χ0n) is 20.8. The molecule has 38 heavy (non-hydrogen) atoms. The van der Waals surface area contributed by atoms with Crippen molar-refractivity contribution in [1.29, 1.82) is 0 Å². The van der Waals surface area contributed by atoms with Crippen LogP contribution in [0.2, 0.25) is 0 Å². The van der Waals surface area contributed by atoms with E-state index >= 15 is 0 Å². The minimum atomic E-state index is -5.40. The number of carbonyl (C=O) groups is 3. The van der Waals surface area contributed by atoms with Gasteiger partial charge in [0.25, 0.3) is 0 Å². The molecule has 0 fully saturated rings. The van der Waals surface area contributed by atoms with E-state index in [1.807, 2.05) is 0 Å². The van der Waals surface area contributed by atoms with Crippen molar-refractivity contribution in [2.75, 3.05) is 14.2 Å². The van der Waals surface area contributed by atoms with Crippen LogP contribution in [-0.2, 0) is 21.8 Å². The summed E-state index contributed by atoms with van der Waals surface area (Å²) in [4.78, 5) is 44.6. The number of ether oxygens (including phenoxy) is 4. The predicted octanol–water partition coefficient (Wildman–Crippen LogP) is 4.89. The van der Waals surface area contributed by atoms with Gasteiger partial charge >= 0.3 is 24.3 Å². The zero-order chi connectivity index (χ0) is 29.2. The molecule has 2 heterocycles. The fraction of sp³-hybridized carbons (Fsp3) is 0.435. The number of rotatable bonds is 8. The number of ketones is 1. The first-order chi connectivity index (χ1) is 17.4. The van der Waals surface area contributed by atoms with Crippen molar-refractivity contribution in [3.05, 3.63) is 46.0 Å². The number of nitrogens with zero attached hydrogens (tertiary/aromatic N) is 2. The molecule has 0 spiro atoms. The van der Waals surface area contributed by atoms with Gasteiger partial charge < -0.3 is 18.9 Å². The molecule has 0 aliphatic rings. The summed E-state index contributed by atoms with van der Waals surface area (Å²) in [7, 11) is 1.75. The molecule has 208 valence electrons. The lowest BCUT2D eigenvalue weighted by molar-refractivity contribution is -0.141. The Kier molecular flexibility index (Phi) is 8.96. The minimum Gasteiger partial charge on any atom is -0.489 e. The van der Waals surface area contributed by atoms with Crippen LogP contribution < -0.4 is 9.47 Å². The van der Waals surface area contributed by atoms with Crippen LogP contribution in [0.15, 0.2) is 12.4 Å². The highest BCUT2D eigenvalue weighted by molar-refractivity contribution is 6.16. The van der Waals surface area contributed by atoms with Crippen molar-refractivity contribution in [2.24, 2.45) is 0 Å². The van der Waals surface area contributed by atoms with Gasteiger partial charge in [-0.1, -0.05) is 0 Å². The van der Waals surface area contributed by atoms with E-state index in [0.717, 1.165) is 14.2 Å². The number of esters is 2. The molecule has 0 aromatic carbocycles. The van der Waals surface area contributed by atoms with E-state index in [2.05, 4.69) is 19.4 Å². The molecule has 15 heteroatoms. The SMILES string of the molecule is COC(=O)c1cnc(C(F)(F)F)c(C(=O)c2c(C(F)(F)F)ncc(C(=O)OC)c2OC(C)C)c1OC(C)C. The molecule has 0 saturated heterocycles. The lowest BCUT2D eigenvalue weighted by atomic mass is 9.94. The summed E-state index contributed by atoms with van der Waals surface area (Å²) < 4.78 is 104. The van der Waals surface area contributed by atoms with Gasteiger partial charge in [-0.05, 0) is 27.7 Å². The van der Waals surface area contributed by atoms with Gasteiger partial charge in [0.2, 0.25) is 5.78 Å². The van der Waals surface area contributed by atoms with E-state index in [-0.39, 0.29) is 0 Å². The second-order valence-corrected chi connectivity index (χ2v) is 8.09. The monoisotopic (exact) mass is 552 g/mol. The van der Waals surface area contributed by atoms with Crippen LogP contribution in [0.1, 0.15) is 75.7 Å². The van der Waals surface area contributed by atoms with Crippen molar-refractivity contribution in [2.45, 2.75) is 52.3 Å². The van der Waals surface area contributed by atoms with E-state index in [9.17, 15) is 40.7 Å². The third-order valence-corrected chi connectivity index (χ3v) is 4.57. The average molecular weight is 552 g/mol. The second kappa shape index (κ2) is 11.2. The van der Waals surface area contributed by atoms with Crippen molar-refractivity contribution >= 4 is 17.7 Å². The van der Waals surface area contributed by atoms with Gasteiger partial charge in [0.15, 0.2) is 11.4 Å². The van der Waals surface area contributed by atoms with Crippen LogP contribution in [-0.4, -0.2) is 54.1 Å². The van der Waals surface area contributed by atoms with E-state index < -0.39 is 87.4 Å². The maximum Gasteiger partial charge on any atom is 0.434 e. The second-order valence-electron chi connectivity index (χ2n) is 8.09. The molecule has 0 radical (unpaired) electrons. The Balaban J connectivity index is 3.18. The van der Waals surface area contributed by atoms with Crippen LogP contribution >= 0.6 is 0 Å². The van der Waals surface area contributed by atoms with Crippen molar-refractivity contribution in [3.8, 4) is 11.5 Å². The Hall–Kier alpha value is -3.91. The molecule has 2 aromatic rings. The molecule has 9 nitrogen and oxygen atoms in total. The lowest BCUT2D eigenvalue weighted by Crippen LogP contribution is -2.26. The van der Waals surface area contributed by atoms with Crippen LogP contribution in [0, 0.1) is 0 Å². The number of methoxy groups -OCH3 is 2. The van der Waals surface area contributed by atoms with Gasteiger partial charge in [0.05, 0.1) is 37.6 Å². The normalized spacial score (nSPS) is 11.9. The quantitative estimate of drug-likeness (QED) is 0.257. The molecule has 2 aromatic heterocycles. The molecular weight excluding hydrogens is 530 g/mol. The summed E-state index contributed by atoms with van der Waals surface area (Å²) in [5, 5.41) is 0. The van der Waals surface area contributed by atoms with E-state index in [4.69, 9.17) is 9.47 Å². The molecular formula is C23H22F6N2O7. The highest BCUT2D eigenvalue weighted by Gasteiger charge is 2.46. The number of halogens is 6. The zero-order valence-corrected chi connectivity index (χ0v) is 20.8. The lowest BCUT2D eigenvalue weighted by Gasteiger charge is -2.23. The van der Waals surface area contributed by atoms with Gasteiger partial charge in [-0.15, -0.1) is 0 Å². The van der Waals surface area contributed by atoms with Crippen molar-refractivity contribution < 1.29 is 59.7 Å². The summed E-state index contributed by atoms with van der Waals surface area (Å²) >= 11 is 0. The predicted molar refractivity (Wildman–Crippen MR) is 116 cm³/mol. The Morgan fingerprint density at radius 1 is 0.684 bits per heavy atom. The summed E-state index contributed by atoms with van der Waals surface area (Å²) in [5.41, 5.74) is -8.55. The van der Waals surface area contributed by atoms with Gasteiger partial charge in [0, 0.05) is 12.4 Å². The summed E-state index contributed by atoms with van der Waals surface area (Å²) in [6.45, 7) is 5.32. The van der Waals surface area contributed by atoms with E-state index in [1.54, 1.807) is 0 Å². The van der Waals surface area contributed by atoms with Crippen LogP contribution in [0.4, 0.5) is 26.3 Å². The fourth-order valence-corrected chi connectivity index (χ4v) is 3.19. The molecule has 0 aliphatic carbocycles. The van der Waals surface area contributed by atoms with Gasteiger partial charge in [-0.25, -0.2) is 19.6 Å². The Bertz CT molecular complexity index is 1150. The third kappa shape index (κ3) is 6.31. The summed E-state index contributed by atoms with van der Waals surface area (Å²) in [6.07, 6.45) is -11.9. The van der Waals surface area contributed by atoms with Gasteiger partial charge in [-0.3, -0.25) is 4.79 Å². The van der Waals surface area contributed by atoms with E-state index in [0.29, 0.717) is 12.4 Å². The molecule has 0 aliphatic heterocycles. The first-order valence-corrected chi connectivity index (χ1v) is 10.7. The smallest absolute Gasteiger partial charge is 0.434 e. The molecule has 0 N–H and O–H groups in total. The van der Waals surface area contributed by atoms with Crippen LogP contribution in [0.5, 0.6) is 11.5 Å². The number of carbonyl (C=O) groups excluding carboxylic acids is 3. The first-order valence-electron chi connectivity index (χ1n) is 10.7. The largest absolute Gasteiger partial charge is 0.489 e. The number of aromatic nitrogens is 2. The van der Waals surface area contributed by atoms with Gasteiger partial charge in [-0.2, -0.15) is 26.3 Å². The van der Waals surface area contributed by atoms with Crippen molar-refractivity contribution in [3.63, 3.8) is 0 Å². The number of pyridine rings is 2. The molecule has 0 atom stereocenters. The highest BCUT2D eigenvalue weighted by atomic mass is 19.4. The van der Waals surface area contributed by atoms with Gasteiger partial charge in [0.1, 0.15) is 22.6 Å². The maximum absolute atomic E-state index is 14.0. The molecule has 0 unspecified atom stereocenters. The van der Waals surface area contributed by atoms with Crippen molar-refractivity contribution in [1.82, 2.24) is 9.97 Å². The standard InChI is InChI=1S/C23H22F6N2O7/c1-9(2)37-16-11(20(33)35-5)7-30-18(22(24,25)26)13(16)15(32)14-17(38-10(3)4)12(21(34)36-6)8-31-19(14)23(27,28)29/h7-10H,1-6H3. The Morgan fingerprint density at radius 2 is 1.00 bits per heavy atom. The van der Waals surface area contributed by atoms with Crippen LogP contribution in [0.3, 0.4) is 0 Å². The van der Waals surface area contributed by atoms with E-state index in [1.165, 1.54) is 27.7 Å². The van der Waals surface area contributed by atoms with Crippen LogP contribution in [0.25, 0.3) is 0 Å². The topological polar surface area (TPSA) is 114 Å². The number of hydrogen-bond acceptors (Lipinski definition) is 9. The first kappa shape index (κ1) is 30.3. The maximum atomic E-state index is 14.0. The molecule has 0 amide bonds. The Labute approximate surface area is 212 Å².